The van der Waals surface area contributed by atoms with Crippen LogP contribution in [0.3, 0.4) is 0 Å². The summed E-state index contributed by atoms with van der Waals surface area (Å²) in [5.41, 5.74) is 0.962. The van der Waals surface area contributed by atoms with Crippen molar-refractivity contribution in [3.05, 3.63) is 40.9 Å². The van der Waals surface area contributed by atoms with Crippen molar-refractivity contribution in [1.29, 1.82) is 0 Å². The van der Waals surface area contributed by atoms with Gasteiger partial charge in [-0.05, 0) is 25.1 Å². The quantitative estimate of drug-likeness (QED) is 0.637. The number of fused-ring (bicyclic) bond motifs is 3. The molecule has 0 aliphatic carbocycles. The average Bonchev–Trinajstić information content (AvgIpc) is 2.97. The zero-order chi connectivity index (χ0) is 16.9. The van der Waals surface area contributed by atoms with Gasteiger partial charge in [-0.25, -0.2) is 4.98 Å². The second-order valence-electron chi connectivity index (χ2n) is 5.55. The third-order valence-corrected chi connectivity index (χ3v) is 3.72. The van der Waals surface area contributed by atoms with Crippen molar-refractivity contribution in [2.24, 2.45) is 0 Å². The largest absolute Gasteiger partial charge is 0.448 e. The Balaban J connectivity index is 1.73. The van der Waals surface area contributed by atoms with Crippen LogP contribution in [-0.4, -0.2) is 35.1 Å². The Morgan fingerprint density at radius 1 is 1.25 bits per heavy atom. The van der Waals surface area contributed by atoms with Crippen molar-refractivity contribution in [3.8, 4) is 0 Å². The fourth-order valence-electron chi connectivity index (χ4n) is 2.53. The van der Waals surface area contributed by atoms with E-state index in [1.54, 1.807) is 6.07 Å². The Morgan fingerprint density at radius 2 is 2.08 bits per heavy atom. The minimum absolute atomic E-state index is 0.0768. The number of rotatable bonds is 7. The van der Waals surface area contributed by atoms with Crippen LogP contribution in [0.25, 0.3) is 22.1 Å². The van der Waals surface area contributed by atoms with E-state index in [0.717, 1.165) is 18.4 Å². The van der Waals surface area contributed by atoms with Crippen molar-refractivity contribution >= 4 is 28.0 Å². The molecular formula is C17H20N4O3. The molecule has 0 unspecified atom stereocenters. The van der Waals surface area contributed by atoms with E-state index in [1.165, 1.54) is 10.9 Å². The predicted octanol–water partition coefficient (Wildman–Crippen LogP) is 1.26. The van der Waals surface area contributed by atoms with E-state index in [-0.39, 0.29) is 23.6 Å². The lowest BCUT2D eigenvalue weighted by molar-refractivity contribution is -0.121. The molecule has 0 spiro atoms. The standard InChI is InChI=1S/C17H20N4O3/c1-2-7-18-8-9-19-14(22)10-21-11-20-15-12-5-3-4-6-13(12)24-16(15)17(21)23/h3-6,11,18H,2,7-10H2,1H3,(H,19,22). The summed E-state index contributed by atoms with van der Waals surface area (Å²) in [6.45, 7) is 4.15. The molecule has 1 aromatic carbocycles. The summed E-state index contributed by atoms with van der Waals surface area (Å²) in [5, 5.41) is 6.76. The van der Waals surface area contributed by atoms with E-state index in [9.17, 15) is 9.59 Å². The van der Waals surface area contributed by atoms with E-state index in [1.807, 2.05) is 18.2 Å². The van der Waals surface area contributed by atoms with Crippen LogP contribution in [0.1, 0.15) is 13.3 Å². The molecule has 7 heteroatoms. The summed E-state index contributed by atoms with van der Waals surface area (Å²) in [4.78, 5) is 28.7. The van der Waals surface area contributed by atoms with Crippen LogP contribution in [0.4, 0.5) is 0 Å². The van der Waals surface area contributed by atoms with Gasteiger partial charge in [-0.15, -0.1) is 0 Å². The van der Waals surface area contributed by atoms with Gasteiger partial charge < -0.3 is 15.1 Å². The molecule has 2 aromatic heterocycles. The first-order valence-corrected chi connectivity index (χ1v) is 8.05. The summed E-state index contributed by atoms with van der Waals surface area (Å²) >= 11 is 0. The van der Waals surface area contributed by atoms with Crippen LogP contribution in [0.15, 0.2) is 39.8 Å². The molecule has 24 heavy (non-hydrogen) atoms. The molecule has 0 fully saturated rings. The fourth-order valence-corrected chi connectivity index (χ4v) is 2.53. The van der Waals surface area contributed by atoms with E-state index in [0.29, 0.717) is 24.2 Å². The van der Waals surface area contributed by atoms with Crippen LogP contribution in [0.5, 0.6) is 0 Å². The van der Waals surface area contributed by atoms with Crippen molar-refractivity contribution in [1.82, 2.24) is 20.2 Å². The molecule has 0 saturated carbocycles. The second-order valence-corrected chi connectivity index (χ2v) is 5.55. The van der Waals surface area contributed by atoms with Gasteiger partial charge in [0.05, 0.1) is 6.33 Å². The number of nitrogens with zero attached hydrogens (tertiary/aromatic N) is 2. The number of benzene rings is 1. The first-order chi connectivity index (χ1) is 11.7. The molecule has 0 saturated heterocycles. The maximum atomic E-state index is 12.5. The van der Waals surface area contributed by atoms with Gasteiger partial charge in [-0.1, -0.05) is 19.1 Å². The number of carbonyl (C=O) groups excluding carboxylic acids is 1. The number of hydrogen-bond donors (Lipinski definition) is 2. The molecule has 2 heterocycles. The van der Waals surface area contributed by atoms with Gasteiger partial charge in [0, 0.05) is 18.5 Å². The molecule has 3 aromatic rings. The Bertz CT molecular complexity index is 913. The van der Waals surface area contributed by atoms with Gasteiger partial charge in [-0.3, -0.25) is 14.2 Å². The molecule has 0 atom stereocenters. The Labute approximate surface area is 138 Å². The Kier molecular flexibility index (Phi) is 4.90. The highest BCUT2D eigenvalue weighted by molar-refractivity contribution is 6.01. The van der Waals surface area contributed by atoms with Crippen LogP contribution >= 0.6 is 0 Å². The van der Waals surface area contributed by atoms with E-state index < -0.39 is 0 Å². The van der Waals surface area contributed by atoms with Crippen molar-refractivity contribution in [3.63, 3.8) is 0 Å². The zero-order valence-corrected chi connectivity index (χ0v) is 13.5. The molecule has 0 radical (unpaired) electrons. The molecule has 1 amide bonds. The van der Waals surface area contributed by atoms with Gasteiger partial charge in [0.25, 0.3) is 5.56 Å². The number of para-hydroxylation sites is 1. The third kappa shape index (κ3) is 3.30. The molecule has 126 valence electrons. The second kappa shape index (κ2) is 7.27. The first-order valence-electron chi connectivity index (χ1n) is 8.05. The highest BCUT2D eigenvalue weighted by atomic mass is 16.3. The number of furan rings is 1. The summed E-state index contributed by atoms with van der Waals surface area (Å²) in [5.74, 6) is -0.229. The first kappa shape index (κ1) is 16.2. The average molecular weight is 328 g/mol. The summed E-state index contributed by atoms with van der Waals surface area (Å²) in [6, 6.07) is 7.35. The van der Waals surface area contributed by atoms with Gasteiger partial charge >= 0.3 is 0 Å². The maximum Gasteiger partial charge on any atom is 0.297 e. The fraction of sp³-hybridized carbons (Fsp3) is 0.353. The van der Waals surface area contributed by atoms with Gasteiger partial charge in [-0.2, -0.15) is 0 Å². The molecule has 3 rings (SSSR count). The van der Waals surface area contributed by atoms with Crippen LogP contribution in [0.2, 0.25) is 0 Å². The van der Waals surface area contributed by atoms with Crippen LogP contribution in [0, 0.1) is 0 Å². The number of carbonyl (C=O) groups is 1. The van der Waals surface area contributed by atoms with E-state index in [2.05, 4.69) is 22.5 Å². The molecule has 0 bridgehead atoms. The highest BCUT2D eigenvalue weighted by Crippen LogP contribution is 2.23. The Hall–Kier alpha value is -2.67. The van der Waals surface area contributed by atoms with Crippen LogP contribution < -0.4 is 16.2 Å². The lowest BCUT2D eigenvalue weighted by Gasteiger charge is -2.07. The van der Waals surface area contributed by atoms with Gasteiger partial charge in [0.1, 0.15) is 17.6 Å². The van der Waals surface area contributed by atoms with Crippen LogP contribution in [-0.2, 0) is 11.3 Å². The number of aromatic nitrogens is 2. The molecular weight excluding hydrogens is 308 g/mol. The minimum atomic E-state index is -0.351. The lowest BCUT2D eigenvalue weighted by atomic mass is 10.2. The smallest absolute Gasteiger partial charge is 0.297 e. The van der Waals surface area contributed by atoms with Crippen molar-refractivity contribution in [2.75, 3.05) is 19.6 Å². The van der Waals surface area contributed by atoms with Gasteiger partial charge in [0.2, 0.25) is 11.5 Å². The normalized spacial score (nSPS) is 11.2. The van der Waals surface area contributed by atoms with E-state index >= 15 is 0 Å². The molecule has 2 N–H and O–H groups in total. The molecule has 0 aliphatic heterocycles. The summed E-state index contributed by atoms with van der Waals surface area (Å²) in [6.07, 6.45) is 2.44. The van der Waals surface area contributed by atoms with Crippen molar-refractivity contribution in [2.45, 2.75) is 19.9 Å². The summed E-state index contributed by atoms with van der Waals surface area (Å²) in [7, 11) is 0. The molecule has 0 aliphatic rings. The number of hydrogen-bond acceptors (Lipinski definition) is 5. The highest BCUT2D eigenvalue weighted by Gasteiger charge is 2.14. The van der Waals surface area contributed by atoms with Gasteiger partial charge in [0.15, 0.2) is 0 Å². The zero-order valence-electron chi connectivity index (χ0n) is 13.5. The van der Waals surface area contributed by atoms with E-state index in [4.69, 9.17) is 4.42 Å². The Morgan fingerprint density at radius 3 is 2.92 bits per heavy atom. The predicted molar refractivity (Wildman–Crippen MR) is 91.9 cm³/mol. The number of amides is 1. The minimum Gasteiger partial charge on any atom is -0.448 e. The maximum absolute atomic E-state index is 12.5. The topological polar surface area (TPSA) is 89.2 Å². The SMILES string of the molecule is CCCNCCNC(=O)Cn1cnc2c(oc3ccccc32)c1=O. The number of nitrogens with one attached hydrogen (secondary N) is 2. The van der Waals surface area contributed by atoms with Crippen molar-refractivity contribution < 1.29 is 9.21 Å². The molecule has 7 nitrogen and oxygen atoms in total. The third-order valence-electron chi connectivity index (χ3n) is 3.72. The lowest BCUT2D eigenvalue weighted by Crippen LogP contribution is -2.36. The monoisotopic (exact) mass is 328 g/mol. The summed E-state index contributed by atoms with van der Waals surface area (Å²) < 4.78 is 6.86.